The van der Waals surface area contributed by atoms with Crippen LogP contribution in [-0.2, 0) is 0 Å². The third-order valence-electron chi connectivity index (χ3n) is 9.84. The van der Waals surface area contributed by atoms with E-state index in [1.165, 1.54) is 6.07 Å². The molecule has 11 heteroatoms. The number of benzene rings is 2. The Hall–Kier alpha value is -3.34. The zero-order chi connectivity index (χ0) is 29.5. The fraction of sp³-hybridized carbons (Fsp3) is 0.469. The van der Waals surface area contributed by atoms with Gasteiger partial charge in [-0.15, -0.1) is 0 Å². The normalized spacial score (nSPS) is 27.0. The van der Waals surface area contributed by atoms with E-state index in [1.54, 1.807) is 18.2 Å². The Morgan fingerprint density at radius 1 is 1.12 bits per heavy atom. The summed E-state index contributed by atoms with van der Waals surface area (Å²) in [7, 11) is 0. The number of fused-ring (bicyclic) bond motifs is 5. The summed E-state index contributed by atoms with van der Waals surface area (Å²) in [5.74, 6) is -0.0527. The maximum Gasteiger partial charge on any atom is 0.319 e. The number of alkyl halides is 1. The number of aromatic hydroxyl groups is 1. The summed E-state index contributed by atoms with van der Waals surface area (Å²) in [6, 6.07) is 9.15. The average Bonchev–Trinajstić information content (AvgIpc) is 3.63. The second-order valence-corrected chi connectivity index (χ2v) is 13.1. The van der Waals surface area contributed by atoms with Gasteiger partial charge in [0.15, 0.2) is 5.82 Å². The van der Waals surface area contributed by atoms with Crippen LogP contribution in [0.15, 0.2) is 30.3 Å². The van der Waals surface area contributed by atoms with Gasteiger partial charge >= 0.3 is 6.01 Å². The predicted molar refractivity (Wildman–Crippen MR) is 162 cm³/mol. The number of hydrogen-bond acceptors (Lipinski definition) is 8. The lowest BCUT2D eigenvalue weighted by molar-refractivity contribution is 0.107. The maximum atomic E-state index is 16.8. The van der Waals surface area contributed by atoms with E-state index in [4.69, 9.17) is 26.3 Å². The van der Waals surface area contributed by atoms with Crippen LogP contribution in [0.25, 0.3) is 32.9 Å². The molecule has 8 nitrogen and oxygen atoms in total. The van der Waals surface area contributed by atoms with Crippen LogP contribution >= 0.6 is 11.6 Å². The van der Waals surface area contributed by atoms with Crippen molar-refractivity contribution in [3.05, 3.63) is 46.9 Å². The number of nitrogens with one attached hydrogen (secondary N) is 1. The molecule has 2 bridgehead atoms. The number of hydrogen-bond donors (Lipinski definition) is 2. The third-order valence-corrected chi connectivity index (χ3v) is 10.2. The van der Waals surface area contributed by atoms with Gasteiger partial charge in [0.1, 0.15) is 35.6 Å². The third kappa shape index (κ3) is 4.48. The molecule has 4 saturated heterocycles. The van der Waals surface area contributed by atoms with Crippen LogP contribution in [0.2, 0.25) is 5.02 Å². The highest BCUT2D eigenvalue weighted by Gasteiger charge is 2.49. The molecule has 0 radical (unpaired) electrons. The smallest absolute Gasteiger partial charge is 0.319 e. The second-order valence-electron chi connectivity index (χ2n) is 12.7. The van der Waals surface area contributed by atoms with E-state index < -0.39 is 12.0 Å². The monoisotopic (exact) mass is 606 g/mol. The maximum absolute atomic E-state index is 16.8. The molecule has 4 aliphatic rings. The van der Waals surface area contributed by atoms with E-state index in [-0.39, 0.29) is 35.1 Å². The van der Waals surface area contributed by atoms with Crippen LogP contribution in [0.5, 0.6) is 11.8 Å². The first-order chi connectivity index (χ1) is 20.8. The number of halogens is 3. The van der Waals surface area contributed by atoms with Crippen molar-refractivity contribution < 1.29 is 18.6 Å². The lowest BCUT2D eigenvalue weighted by Gasteiger charge is -2.35. The minimum atomic E-state index is -0.883. The van der Waals surface area contributed by atoms with Gasteiger partial charge in [-0.25, -0.2) is 13.8 Å². The quantitative estimate of drug-likeness (QED) is 0.306. The van der Waals surface area contributed by atoms with Crippen LogP contribution in [0, 0.1) is 12.7 Å². The average molecular weight is 607 g/mol. The van der Waals surface area contributed by atoms with Crippen LogP contribution in [0.4, 0.5) is 14.6 Å². The molecule has 2 N–H and O–H groups in total. The van der Waals surface area contributed by atoms with Crippen molar-refractivity contribution in [1.29, 1.82) is 0 Å². The number of anilines is 1. The van der Waals surface area contributed by atoms with E-state index in [0.717, 1.165) is 45.3 Å². The van der Waals surface area contributed by atoms with Gasteiger partial charge in [-0.3, -0.25) is 4.90 Å². The van der Waals surface area contributed by atoms with E-state index in [1.807, 2.05) is 13.0 Å². The van der Waals surface area contributed by atoms with Crippen molar-refractivity contribution in [3.63, 3.8) is 0 Å². The summed E-state index contributed by atoms with van der Waals surface area (Å²) in [5.41, 5.74) is 0.714. The van der Waals surface area contributed by atoms with Gasteiger partial charge in [0, 0.05) is 54.1 Å². The molecule has 4 aliphatic heterocycles. The van der Waals surface area contributed by atoms with Crippen molar-refractivity contribution in [2.45, 2.75) is 62.8 Å². The molecular weight excluding hydrogens is 574 g/mol. The van der Waals surface area contributed by atoms with Gasteiger partial charge in [-0.2, -0.15) is 9.97 Å². The Morgan fingerprint density at radius 3 is 2.74 bits per heavy atom. The minimum absolute atomic E-state index is 0.0180. The number of rotatable bonds is 5. The van der Waals surface area contributed by atoms with Gasteiger partial charge in [-0.05, 0) is 62.7 Å². The highest BCUT2D eigenvalue weighted by atomic mass is 35.5. The lowest BCUT2D eigenvalue weighted by Crippen LogP contribution is -2.51. The highest BCUT2D eigenvalue weighted by molar-refractivity contribution is 6.36. The van der Waals surface area contributed by atoms with Gasteiger partial charge in [-0.1, -0.05) is 23.7 Å². The number of piperazine rings is 1. The summed E-state index contributed by atoms with van der Waals surface area (Å²) in [5, 5.41) is 16.4. The molecular formula is C32H33ClF2N6O2. The van der Waals surface area contributed by atoms with E-state index in [2.05, 4.69) is 20.1 Å². The number of aryl methyl sites for hydroxylation is 1. The largest absolute Gasteiger partial charge is 0.508 e. The molecule has 2 aromatic heterocycles. The Balaban J connectivity index is 1.29. The fourth-order valence-corrected chi connectivity index (χ4v) is 8.23. The molecule has 0 spiro atoms. The summed E-state index contributed by atoms with van der Waals surface area (Å²) >= 11 is 6.60. The van der Waals surface area contributed by atoms with Crippen molar-refractivity contribution in [2.24, 2.45) is 0 Å². The van der Waals surface area contributed by atoms with Crippen LogP contribution in [0.1, 0.15) is 37.8 Å². The molecule has 4 fully saturated rings. The molecule has 2 aromatic carbocycles. The number of ether oxygens (including phenoxy) is 1. The number of phenols is 1. The first kappa shape index (κ1) is 27.2. The molecule has 8 rings (SSSR count). The summed E-state index contributed by atoms with van der Waals surface area (Å²) in [4.78, 5) is 18.6. The van der Waals surface area contributed by atoms with Crippen molar-refractivity contribution >= 4 is 39.1 Å². The standard InChI is InChI=1S/C32H33ClF2N6O2/c1-17-25-29(27(35)28(36-17)23-11-22(42)10-18-4-2-5-24(33)26(18)23)38-31(39-30(25)40-14-20-6-7-21(15-40)37-20)43-16-32-8-3-9-41(32)13-19(34)12-32/h2,4-5,10-11,19-21,37,42H,3,6-9,12-16H2,1H3/t19-,20?,21?,32+/m1/s1. The van der Waals surface area contributed by atoms with Gasteiger partial charge in [0.25, 0.3) is 0 Å². The molecule has 6 heterocycles. The molecule has 0 saturated carbocycles. The zero-order valence-corrected chi connectivity index (χ0v) is 24.7. The SMILES string of the molecule is Cc1nc(-c2cc(O)cc3cccc(Cl)c23)c(F)c2nc(OC[C@@]34CCCN3C[C@H](F)C4)nc(N3CC4CCC(C3)N4)c12. The topological polar surface area (TPSA) is 86.6 Å². The minimum Gasteiger partial charge on any atom is -0.508 e. The molecule has 0 aliphatic carbocycles. The zero-order valence-electron chi connectivity index (χ0n) is 23.9. The molecule has 2 unspecified atom stereocenters. The van der Waals surface area contributed by atoms with Crippen LogP contribution < -0.4 is 15.0 Å². The molecule has 0 amide bonds. The number of nitrogens with zero attached hydrogens (tertiary/aromatic N) is 5. The Labute approximate surface area is 253 Å². The van der Waals surface area contributed by atoms with Crippen molar-refractivity contribution in [3.8, 4) is 23.0 Å². The van der Waals surface area contributed by atoms with Gasteiger partial charge in [0.2, 0.25) is 0 Å². The Bertz CT molecular complexity index is 1760. The first-order valence-electron chi connectivity index (χ1n) is 15.1. The van der Waals surface area contributed by atoms with E-state index >= 15 is 4.39 Å². The van der Waals surface area contributed by atoms with Gasteiger partial charge in [0.05, 0.1) is 16.6 Å². The number of aromatic nitrogens is 3. The second kappa shape index (κ2) is 10.1. The predicted octanol–water partition coefficient (Wildman–Crippen LogP) is 5.55. The van der Waals surface area contributed by atoms with E-state index in [9.17, 15) is 9.50 Å². The summed E-state index contributed by atoms with van der Waals surface area (Å²) < 4.78 is 37.5. The highest BCUT2D eigenvalue weighted by Crippen LogP contribution is 2.43. The van der Waals surface area contributed by atoms with Crippen molar-refractivity contribution in [2.75, 3.05) is 37.7 Å². The van der Waals surface area contributed by atoms with E-state index in [0.29, 0.717) is 63.3 Å². The first-order valence-corrected chi connectivity index (χ1v) is 15.5. The molecule has 4 atom stereocenters. The van der Waals surface area contributed by atoms with Crippen LogP contribution in [0.3, 0.4) is 0 Å². The van der Waals surface area contributed by atoms with Crippen molar-refractivity contribution in [1.82, 2.24) is 25.2 Å². The number of pyridine rings is 1. The Kier molecular flexibility index (Phi) is 6.40. The molecule has 4 aromatic rings. The van der Waals surface area contributed by atoms with Crippen LogP contribution in [-0.4, -0.2) is 81.5 Å². The number of phenolic OH excluding ortho intramolecular Hbond substituents is 1. The lowest BCUT2D eigenvalue weighted by atomic mass is 9.95. The summed E-state index contributed by atoms with van der Waals surface area (Å²) in [6.07, 6.45) is 3.54. The molecule has 224 valence electrons. The molecule has 43 heavy (non-hydrogen) atoms. The Morgan fingerprint density at radius 2 is 1.93 bits per heavy atom. The summed E-state index contributed by atoms with van der Waals surface area (Å²) in [6.45, 7) is 4.81. The van der Waals surface area contributed by atoms with Gasteiger partial charge < -0.3 is 20.1 Å². The fourth-order valence-electron chi connectivity index (χ4n) is 7.95.